The Balaban J connectivity index is 2.01. The number of hydrogen-bond donors (Lipinski definition) is 1. The van der Waals surface area contributed by atoms with Crippen LogP contribution in [0.25, 0.3) is 10.9 Å². The molecule has 2 rings (SSSR count). The fourth-order valence-electron chi connectivity index (χ4n) is 1.81. The van der Waals surface area contributed by atoms with Crippen molar-refractivity contribution in [3.63, 3.8) is 0 Å². The number of carbonyl (C=O) groups is 1. The molecule has 0 bridgehead atoms. The molecule has 3 nitrogen and oxygen atoms in total. The first-order valence-electron chi connectivity index (χ1n) is 6.02. The van der Waals surface area contributed by atoms with Crippen LogP contribution in [0.5, 0.6) is 0 Å². The molecule has 0 unspecified atom stereocenters. The molecule has 0 aliphatic carbocycles. The van der Waals surface area contributed by atoms with Crippen LogP contribution in [0.3, 0.4) is 0 Å². The third kappa shape index (κ3) is 2.87. The lowest BCUT2D eigenvalue weighted by atomic mass is 10.1. The third-order valence-corrected chi connectivity index (χ3v) is 2.77. The van der Waals surface area contributed by atoms with Crippen molar-refractivity contribution in [1.82, 2.24) is 4.98 Å². The normalized spacial score (nSPS) is 10.6. The molecule has 2 aromatic rings. The van der Waals surface area contributed by atoms with E-state index < -0.39 is 0 Å². The highest BCUT2D eigenvalue weighted by Gasteiger charge is 2.08. The van der Waals surface area contributed by atoms with E-state index in [0.717, 1.165) is 29.3 Å². The first kappa shape index (κ1) is 11.7. The molecule has 3 heteroatoms. The number of benzene rings is 1. The van der Waals surface area contributed by atoms with E-state index in [2.05, 4.69) is 11.9 Å². The van der Waals surface area contributed by atoms with Gasteiger partial charge in [-0.05, 0) is 18.1 Å². The Labute approximate surface area is 101 Å². The van der Waals surface area contributed by atoms with Gasteiger partial charge < -0.3 is 9.72 Å². The number of aromatic nitrogens is 1. The van der Waals surface area contributed by atoms with E-state index in [4.69, 9.17) is 4.74 Å². The molecule has 0 saturated heterocycles. The Kier molecular flexibility index (Phi) is 3.81. The number of rotatable bonds is 5. The van der Waals surface area contributed by atoms with E-state index >= 15 is 0 Å². The average Bonchev–Trinajstić information content (AvgIpc) is 2.73. The molecule has 1 aromatic carbocycles. The van der Waals surface area contributed by atoms with Gasteiger partial charge in [0.1, 0.15) is 0 Å². The zero-order chi connectivity index (χ0) is 12.1. The molecular formula is C14H17NO2. The Morgan fingerprint density at radius 2 is 2.18 bits per heavy atom. The minimum Gasteiger partial charge on any atom is -0.465 e. The van der Waals surface area contributed by atoms with Crippen molar-refractivity contribution in [2.24, 2.45) is 0 Å². The molecule has 0 amide bonds. The Morgan fingerprint density at radius 3 is 3.00 bits per heavy atom. The predicted molar refractivity (Wildman–Crippen MR) is 67.9 cm³/mol. The van der Waals surface area contributed by atoms with Gasteiger partial charge in [-0.25, -0.2) is 0 Å². The molecule has 0 aliphatic heterocycles. The van der Waals surface area contributed by atoms with Crippen LogP contribution < -0.4 is 0 Å². The number of unbranched alkanes of at least 4 members (excludes halogenated alkanes) is 1. The lowest BCUT2D eigenvalue weighted by Crippen LogP contribution is -2.08. The summed E-state index contributed by atoms with van der Waals surface area (Å²) in [4.78, 5) is 14.7. The largest absolute Gasteiger partial charge is 0.465 e. The summed E-state index contributed by atoms with van der Waals surface area (Å²) >= 11 is 0. The fourth-order valence-corrected chi connectivity index (χ4v) is 1.81. The van der Waals surface area contributed by atoms with E-state index in [1.54, 1.807) is 0 Å². The molecular weight excluding hydrogens is 214 g/mol. The summed E-state index contributed by atoms with van der Waals surface area (Å²) in [7, 11) is 0. The van der Waals surface area contributed by atoms with Gasteiger partial charge in [-0.15, -0.1) is 0 Å². The van der Waals surface area contributed by atoms with Crippen molar-refractivity contribution in [3.8, 4) is 0 Å². The Morgan fingerprint density at radius 1 is 1.35 bits per heavy atom. The second-order valence-electron chi connectivity index (χ2n) is 4.11. The summed E-state index contributed by atoms with van der Waals surface area (Å²) in [6.45, 7) is 2.60. The van der Waals surface area contributed by atoms with Crippen LogP contribution in [0.15, 0.2) is 30.5 Å². The second kappa shape index (κ2) is 5.53. The van der Waals surface area contributed by atoms with E-state index in [1.807, 2.05) is 30.5 Å². The van der Waals surface area contributed by atoms with Crippen LogP contribution in [-0.2, 0) is 16.0 Å². The molecule has 17 heavy (non-hydrogen) atoms. The highest BCUT2D eigenvalue weighted by atomic mass is 16.5. The summed E-state index contributed by atoms with van der Waals surface area (Å²) in [6.07, 6.45) is 4.19. The highest BCUT2D eigenvalue weighted by Crippen LogP contribution is 2.18. The maximum Gasteiger partial charge on any atom is 0.310 e. The van der Waals surface area contributed by atoms with E-state index in [-0.39, 0.29) is 5.97 Å². The number of hydrogen-bond acceptors (Lipinski definition) is 2. The van der Waals surface area contributed by atoms with Gasteiger partial charge >= 0.3 is 5.97 Å². The molecule has 0 atom stereocenters. The SMILES string of the molecule is CCCCOC(=O)Cc1c[nH]c2ccccc12. The zero-order valence-corrected chi connectivity index (χ0v) is 10.0. The summed E-state index contributed by atoms with van der Waals surface area (Å²) in [5, 5.41) is 1.10. The van der Waals surface area contributed by atoms with Crippen LogP contribution in [-0.4, -0.2) is 17.6 Å². The van der Waals surface area contributed by atoms with Gasteiger partial charge in [0.05, 0.1) is 13.0 Å². The van der Waals surface area contributed by atoms with Gasteiger partial charge in [-0.1, -0.05) is 31.5 Å². The number of ether oxygens (including phenoxy) is 1. The van der Waals surface area contributed by atoms with Gasteiger partial charge in [-0.2, -0.15) is 0 Å². The zero-order valence-electron chi connectivity index (χ0n) is 10.0. The van der Waals surface area contributed by atoms with Crippen LogP contribution in [0, 0.1) is 0 Å². The second-order valence-corrected chi connectivity index (χ2v) is 4.11. The lowest BCUT2D eigenvalue weighted by molar-refractivity contribution is -0.142. The molecule has 0 fully saturated rings. The van der Waals surface area contributed by atoms with Crippen molar-refractivity contribution in [2.45, 2.75) is 26.2 Å². The summed E-state index contributed by atoms with van der Waals surface area (Å²) in [5.74, 6) is -0.150. The topological polar surface area (TPSA) is 42.1 Å². The molecule has 1 heterocycles. The Hall–Kier alpha value is -1.77. The summed E-state index contributed by atoms with van der Waals surface area (Å²) < 4.78 is 5.15. The molecule has 1 N–H and O–H groups in total. The molecule has 0 spiro atoms. The number of aromatic amines is 1. The highest BCUT2D eigenvalue weighted by molar-refractivity contribution is 5.87. The van der Waals surface area contributed by atoms with Gasteiger partial charge in [-0.3, -0.25) is 4.79 Å². The van der Waals surface area contributed by atoms with Crippen LogP contribution >= 0.6 is 0 Å². The quantitative estimate of drug-likeness (QED) is 0.634. The predicted octanol–water partition coefficient (Wildman–Crippen LogP) is 3.05. The maximum absolute atomic E-state index is 11.6. The molecule has 0 aliphatic rings. The first-order chi connectivity index (χ1) is 8.31. The Bertz CT molecular complexity index is 502. The van der Waals surface area contributed by atoms with Gasteiger partial charge in [0.2, 0.25) is 0 Å². The number of nitrogens with one attached hydrogen (secondary N) is 1. The van der Waals surface area contributed by atoms with Crippen LogP contribution in [0.4, 0.5) is 0 Å². The maximum atomic E-state index is 11.6. The summed E-state index contributed by atoms with van der Waals surface area (Å²) in [6, 6.07) is 7.96. The summed E-state index contributed by atoms with van der Waals surface area (Å²) in [5.41, 5.74) is 2.06. The number of fused-ring (bicyclic) bond motifs is 1. The monoisotopic (exact) mass is 231 g/mol. The van der Waals surface area contributed by atoms with Crippen LogP contribution in [0.2, 0.25) is 0 Å². The number of para-hydroxylation sites is 1. The van der Waals surface area contributed by atoms with Crippen molar-refractivity contribution < 1.29 is 9.53 Å². The van der Waals surface area contributed by atoms with Crippen molar-refractivity contribution in [2.75, 3.05) is 6.61 Å². The lowest BCUT2D eigenvalue weighted by Gasteiger charge is -2.02. The van der Waals surface area contributed by atoms with Crippen LogP contribution in [0.1, 0.15) is 25.3 Å². The number of carbonyl (C=O) groups excluding carboxylic acids is 1. The third-order valence-electron chi connectivity index (χ3n) is 2.77. The van der Waals surface area contributed by atoms with E-state index in [0.29, 0.717) is 13.0 Å². The van der Waals surface area contributed by atoms with E-state index in [1.165, 1.54) is 0 Å². The van der Waals surface area contributed by atoms with Crippen molar-refractivity contribution in [3.05, 3.63) is 36.0 Å². The molecule has 90 valence electrons. The molecule has 0 saturated carbocycles. The number of esters is 1. The molecule has 1 aromatic heterocycles. The van der Waals surface area contributed by atoms with Gasteiger partial charge in [0.15, 0.2) is 0 Å². The van der Waals surface area contributed by atoms with Crippen molar-refractivity contribution in [1.29, 1.82) is 0 Å². The molecule has 0 radical (unpaired) electrons. The smallest absolute Gasteiger partial charge is 0.310 e. The minimum absolute atomic E-state index is 0.150. The standard InChI is InChI=1S/C14H17NO2/c1-2-3-8-17-14(16)9-11-10-15-13-7-5-4-6-12(11)13/h4-7,10,15H,2-3,8-9H2,1H3. The van der Waals surface area contributed by atoms with E-state index in [9.17, 15) is 4.79 Å². The average molecular weight is 231 g/mol. The van der Waals surface area contributed by atoms with Gasteiger partial charge in [0, 0.05) is 17.1 Å². The van der Waals surface area contributed by atoms with Crippen molar-refractivity contribution >= 4 is 16.9 Å². The number of H-pyrrole nitrogens is 1. The fraction of sp³-hybridized carbons (Fsp3) is 0.357. The minimum atomic E-state index is -0.150. The van der Waals surface area contributed by atoms with Gasteiger partial charge in [0.25, 0.3) is 0 Å². The first-order valence-corrected chi connectivity index (χ1v) is 6.02.